The number of ether oxygens (including phenoxy) is 3. The zero-order valence-corrected chi connectivity index (χ0v) is 20.1. The number of nitrogens with zero attached hydrogens (tertiary/aromatic N) is 1. The summed E-state index contributed by atoms with van der Waals surface area (Å²) < 4.78 is 43.2. The van der Waals surface area contributed by atoms with Gasteiger partial charge in [0.2, 0.25) is 15.8 Å². The molecule has 2 unspecified atom stereocenters. The molecule has 1 saturated heterocycles. The molecule has 3 rings (SSSR count). The van der Waals surface area contributed by atoms with Crippen molar-refractivity contribution >= 4 is 21.8 Å². The quantitative estimate of drug-likeness (QED) is 0.426. The number of benzene rings is 2. The van der Waals surface area contributed by atoms with Crippen molar-refractivity contribution < 1.29 is 32.2 Å². The summed E-state index contributed by atoms with van der Waals surface area (Å²) in [6, 6.07) is 10.4. The van der Waals surface area contributed by atoms with Crippen LogP contribution < -0.4 is 9.47 Å². The summed E-state index contributed by atoms with van der Waals surface area (Å²) in [6.45, 7) is 4.41. The molecule has 0 aliphatic carbocycles. The lowest BCUT2D eigenvalue weighted by Crippen LogP contribution is -2.42. The fourth-order valence-electron chi connectivity index (χ4n) is 4.06. The van der Waals surface area contributed by atoms with E-state index in [9.17, 15) is 18.0 Å². The van der Waals surface area contributed by atoms with Gasteiger partial charge in [0.25, 0.3) is 0 Å². The van der Waals surface area contributed by atoms with E-state index in [1.54, 1.807) is 12.1 Å². The lowest BCUT2D eigenvalue weighted by atomic mass is 9.94. The summed E-state index contributed by atoms with van der Waals surface area (Å²) in [6.07, 6.45) is 0.977. The fourth-order valence-corrected chi connectivity index (χ4v) is 5.78. The van der Waals surface area contributed by atoms with E-state index in [0.29, 0.717) is 24.6 Å². The third-order valence-corrected chi connectivity index (χ3v) is 7.41. The minimum atomic E-state index is -3.75. The first-order valence-electron chi connectivity index (χ1n) is 10.7. The first kappa shape index (κ1) is 24.7. The van der Waals surface area contributed by atoms with Crippen molar-refractivity contribution in [2.75, 3.05) is 33.9 Å². The molecular formula is C24H29NO7S. The SMILES string of the molecule is COc1ccc(OC)c(C(=O)COC(=O)c2cccc(S(=O)(=O)N3CC(C)CC(C)C3)c2)c1. The Morgan fingerprint density at radius 1 is 1.00 bits per heavy atom. The van der Waals surface area contributed by atoms with E-state index in [1.165, 1.54) is 48.9 Å². The Morgan fingerprint density at radius 2 is 1.70 bits per heavy atom. The van der Waals surface area contributed by atoms with Crippen LogP contribution in [-0.4, -0.2) is 58.4 Å². The molecule has 2 atom stereocenters. The standard InChI is InChI=1S/C24H29NO7S/c1-16-10-17(2)14-25(13-16)33(28,29)20-7-5-6-18(11-20)24(27)32-15-22(26)21-12-19(30-3)8-9-23(21)31-4/h5-9,11-12,16-17H,10,13-15H2,1-4H3. The lowest BCUT2D eigenvalue weighted by Gasteiger charge is -2.34. The van der Waals surface area contributed by atoms with Crippen LogP contribution in [0.2, 0.25) is 0 Å². The first-order valence-corrected chi connectivity index (χ1v) is 12.1. The van der Waals surface area contributed by atoms with E-state index < -0.39 is 28.4 Å². The molecule has 1 aliphatic heterocycles. The lowest BCUT2D eigenvalue weighted by molar-refractivity contribution is 0.0473. The molecule has 2 aromatic rings. The van der Waals surface area contributed by atoms with Gasteiger partial charge >= 0.3 is 5.97 Å². The molecule has 9 heteroatoms. The number of rotatable bonds is 8. The number of hydrogen-bond acceptors (Lipinski definition) is 7. The van der Waals surface area contributed by atoms with Gasteiger partial charge in [-0.2, -0.15) is 4.31 Å². The summed E-state index contributed by atoms with van der Waals surface area (Å²) in [5.41, 5.74) is 0.272. The molecule has 2 aromatic carbocycles. The summed E-state index contributed by atoms with van der Waals surface area (Å²) in [5.74, 6) is 0.0500. The number of esters is 1. The summed E-state index contributed by atoms with van der Waals surface area (Å²) in [4.78, 5) is 25.2. The number of carbonyl (C=O) groups is 2. The van der Waals surface area contributed by atoms with Crippen molar-refractivity contribution in [3.8, 4) is 11.5 Å². The van der Waals surface area contributed by atoms with Gasteiger partial charge in [0.05, 0.1) is 30.2 Å². The maximum atomic E-state index is 13.1. The van der Waals surface area contributed by atoms with Gasteiger partial charge in [0.1, 0.15) is 11.5 Å². The van der Waals surface area contributed by atoms with Gasteiger partial charge in [-0.1, -0.05) is 19.9 Å². The second-order valence-electron chi connectivity index (χ2n) is 8.36. The smallest absolute Gasteiger partial charge is 0.338 e. The van der Waals surface area contributed by atoms with Crippen LogP contribution in [0.1, 0.15) is 41.0 Å². The van der Waals surface area contributed by atoms with Crippen molar-refractivity contribution in [2.24, 2.45) is 11.8 Å². The Kier molecular flexibility index (Phi) is 7.76. The highest BCUT2D eigenvalue weighted by Crippen LogP contribution is 2.27. The molecule has 8 nitrogen and oxygen atoms in total. The maximum absolute atomic E-state index is 13.1. The number of carbonyl (C=O) groups excluding carboxylic acids is 2. The van der Waals surface area contributed by atoms with Crippen LogP contribution >= 0.6 is 0 Å². The Hall–Kier alpha value is -2.91. The second-order valence-corrected chi connectivity index (χ2v) is 10.3. The van der Waals surface area contributed by atoms with Crippen molar-refractivity contribution in [1.82, 2.24) is 4.31 Å². The van der Waals surface area contributed by atoms with Gasteiger partial charge in [-0.05, 0) is 54.7 Å². The normalized spacial score (nSPS) is 19.0. The van der Waals surface area contributed by atoms with Gasteiger partial charge in [-0.25, -0.2) is 13.2 Å². The number of piperidine rings is 1. The van der Waals surface area contributed by atoms with E-state index in [2.05, 4.69) is 0 Å². The van der Waals surface area contributed by atoms with Crippen LogP contribution in [0.4, 0.5) is 0 Å². The first-order chi connectivity index (χ1) is 15.6. The van der Waals surface area contributed by atoms with E-state index >= 15 is 0 Å². The molecular weight excluding hydrogens is 446 g/mol. The zero-order valence-electron chi connectivity index (χ0n) is 19.2. The van der Waals surface area contributed by atoms with Crippen LogP contribution in [0, 0.1) is 11.8 Å². The number of Topliss-reactive ketones (excluding diaryl/α,β-unsaturated/α-hetero) is 1. The van der Waals surface area contributed by atoms with Crippen molar-refractivity contribution in [3.63, 3.8) is 0 Å². The predicted octanol–water partition coefficient (Wildman–Crippen LogP) is 3.41. The maximum Gasteiger partial charge on any atom is 0.338 e. The minimum absolute atomic E-state index is 0.0269. The monoisotopic (exact) mass is 475 g/mol. The van der Waals surface area contributed by atoms with Gasteiger partial charge in [-0.15, -0.1) is 0 Å². The minimum Gasteiger partial charge on any atom is -0.497 e. The topological polar surface area (TPSA) is 99.2 Å². The number of methoxy groups -OCH3 is 2. The highest BCUT2D eigenvalue weighted by molar-refractivity contribution is 7.89. The number of hydrogen-bond donors (Lipinski definition) is 0. The molecule has 1 heterocycles. The van der Waals surface area contributed by atoms with Crippen molar-refractivity contribution in [1.29, 1.82) is 0 Å². The third kappa shape index (κ3) is 5.72. The van der Waals surface area contributed by atoms with E-state index in [0.717, 1.165) is 6.42 Å². The van der Waals surface area contributed by atoms with E-state index in [1.807, 2.05) is 13.8 Å². The third-order valence-electron chi connectivity index (χ3n) is 5.58. The molecule has 0 amide bonds. The van der Waals surface area contributed by atoms with Crippen LogP contribution in [0.25, 0.3) is 0 Å². The summed E-state index contributed by atoms with van der Waals surface area (Å²) in [5, 5.41) is 0. The van der Waals surface area contributed by atoms with E-state index in [4.69, 9.17) is 14.2 Å². The zero-order chi connectivity index (χ0) is 24.2. The molecule has 0 N–H and O–H groups in total. The second kappa shape index (κ2) is 10.4. The van der Waals surface area contributed by atoms with Crippen LogP contribution in [0.5, 0.6) is 11.5 Å². The Labute approximate surface area is 194 Å². The average molecular weight is 476 g/mol. The van der Waals surface area contributed by atoms with Crippen molar-refractivity contribution in [3.05, 3.63) is 53.6 Å². The van der Waals surface area contributed by atoms with Crippen molar-refractivity contribution in [2.45, 2.75) is 25.2 Å². The van der Waals surface area contributed by atoms with Crippen LogP contribution in [0.3, 0.4) is 0 Å². The Morgan fingerprint density at radius 3 is 2.33 bits per heavy atom. The molecule has 178 valence electrons. The number of sulfonamides is 1. The van der Waals surface area contributed by atoms with Crippen LogP contribution in [0.15, 0.2) is 47.4 Å². The largest absolute Gasteiger partial charge is 0.497 e. The highest BCUT2D eigenvalue weighted by Gasteiger charge is 2.32. The van der Waals surface area contributed by atoms with E-state index in [-0.39, 0.29) is 27.9 Å². The van der Waals surface area contributed by atoms with Gasteiger partial charge in [0, 0.05) is 13.1 Å². The highest BCUT2D eigenvalue weighted by atomic mass is 32.2. The fraction of sp³-hybridized carbons (Fsp3) is 0.417. The van der Waals surface area contributed by atoms with Crippen LogP contribution in [-0.2, 0) is 14.8 Å². The predicted molar refractivity (Wildman–Crippen MR) is 122 cm³/mol. The molecule has 1 fully saturated rings. The molecule has 33 heavy (non-hydrogen) atoms. The average Bonchev–Trinajstić information content (AvgIpc) is 2.81. The molecule has 0 saturated carbocycles. The molecule has 0 radical (unpaired) electrons. The summed E-state index contributed by atoms with van der Waals surface area (Å²) >= 11 is 0. The summed E-state index contributed by atoms with van der Waals surface area (Å²) in [7, 11) is -0.841. The van der Waals surface area contributed by atoms with Gasteiger partial charge in [0.15, 0.2) is 6.61 Å². The molecule has 0 bridgehead atoms. The Balaban J connectivity index is 1.73. The molecule has 1 aliphatic rings. The Bertz CT molecular complexity index is 1120. The molecule has 0 aromatic heterocycles. The van der Waals surface area contributed by atoms with Gasteiger partial charge in [-0.3, -0.25) is 4.79 Å². The van der Waals surface area contributed by atoms with Gasteiger partial charge < -0.3 is 14.2 Å². The number of ketones is 1. The molecule has 0 spiro atoms.